The van der Waals surface area contributed by atoms with Crippen molar-refractivity contribution in [3.8, 4) is 10.4 Å². The number of nitrogens with zero attached hydrogens (tertiary/aromatic N) is 1. The molecular formula is C28H30ClN3O2S. The van der Waals surface area contributed by atoms with E-state index in [1.807, 2.05) is 44.2 Å². The van der Waals surface area contributed by atoms with Crippen molar-refractivity contribution < 1.29 is 9.59 Å². The number of piperidine rings is 1. The summed E-state index contributed by atoms with van der Waals surface area (Å²) < 4.78 is 0. The quantitative estimate of drug-likeness (QED) is 0.380. The highest BCUT2D eigenvalue weighted by Crippen LogP contribution is 2.45. The molecule has 2 fully saturated rings. The number of hydrogen-bond donors (Lipinski definition) is 2. The molecule has 5 rings (SSSR count). The Morgan fingerprint density at radius 2 is 1.91 bits per heavy atom. The Bertz CT molecular complexity index is 1260. The van der Waals surface area contributed by atoms with Crippen LogP contribution in [0.15, 0.2) is 42.5 Å². The van der Waals surface area contributed by atoms with Crippen molar-refractivity contribution in [2.45, 2.75) is 64.0 Å². The highest BCUT2D eigenvalue weighted by atomic mass is 35.5. The Kier molecular flexibility index (Phi) is 7.05. The minimum Gasteiger partial charge on any atom is -0.340 e. The maximum Gasteiger partial charge on any atom is 0.253 e. The lowest BCUT2D eigenvalue weighted by molar-refractivity contribution is 0.0823. The summed E-state index contributed by atoms with van der Waals surface area (Å²) in [4.78, 5) is 33.3. The van der Waals surface area contributed by atoms with Crippen LogP contribution in [0.4, 0.5) is 0 Å². The van der Waals surface area contributed by atoms with E-state index in [2.05, 4.69) is 16.7 Å². The molecule has 2 aliphatic rings. The SMILES string of the molecule is Cc1cccc(-c2sc(C3CC3)nc2C(=O)C(NC(=O)c2cccc(C)c2Cl)C2CCCCN2)c1. The molecule has 2 aromatic carbocycles. The Hall–Kier alpha value is -2.54. The lowest BCUT2D eigenvalue weighted by Crippen LogP contribution is -2.55. The first kappa shape index (κ1) is 24.2. The first-order valence-electron chi connectivity index (χ1n) is 12.3. The third-order valence-electron chi connectivity index (χ3n) is 6.84. The Morgan fingerprint density at radius 1 is 1.11 bits per heavy atom. The second-order valence-electron chi connectivity index (χ2n) is 9.68. The number of rotatable bonds is 7. The smallest absolute Gasteiger partial charge is 0.253 e. The Morgan fingerprint density at radius 3 is 2.63 bits per heavy atom. The van der Waals surface area contributed by atoms with E-state index >= 15 is 0 Å². The van der Waals surface area contributed by atoms with E-state index in [1.54, 1.807) is 17.4 Å². The van der Waals surface area contributed by atoms with Gasteiger partial charge in [0.15, 0.2) is 0 Å². The summed E-state index contributed by atoms with van der Waals surface area (Å²) in [6, 6.07) is 12.7. The summed E-state index contributed by atoms with van der Waals surface area (Å²) in [5.74, 6) is -0.0302. The molecule has 182 valence electrons. The number of amides is 1. The summed E-state index contributed by atoms with van der Waals surface area (Å²) >= 11 is 8.06. The van der Waals surface area contributed by atoms with E-state index in [9.17, 15) is 9.59 Å². The number of hydrogen-bond acceptors (Lipinski definition) is 5. The Balaban J connectivity index is 1.52. The van der Waals surface area contributed by atoms with Crippen molar-refractivity contribution in [1.82, 2.24) is 15.6 Å². The van der Waals surface area contributed by atoms with Crippen LogP contribution in [0, 0.1) is 13.8 Å². The number of Topliss-reactive ketones (excluding diaryl/α,β-unsaturated/α-hetero) is 1. The van der Waals surface area contributed by atoms with Crippen molar-refractivity contribution in [2.24, 2.45) is 0 Å². The van der Waals surface area contributed by atoms with Crippen molar-refractivity contribution in [2.75, 3.05) is 6.54 Å². The fourth-order valence-electron chi connectivity index (χ4n) is 4.69. The molecule has 3 aromatic rings. The van der Waals surface area contributed by atoms with E-state index in [1.165, 1.54) is 0 Å². The number of benzene rings is 2. The molecule has 2 atom stereocenters. The normalized spacial score (nSPS) is 18.8. The second kappa shape index (κ2) is 10.2. The molecule has 2 unspecified atom stereocenters. The first-order valence-corrected chi connectivity index (χ1v) is 13.5. The number of ketones is 1. The minimum absolute atomic E-state index is 0.138. The van der Waals surface area contributed by atoms with Crippen molar-refractivity contribution in [3.63, 3.8) is 0 Å². The van der Waals surface area contributed by atoms with Crippen LogP contribution in [-0.4, -0.2) is 35.3 Å². The molecule has 1 aliphatic heterocycles. The van der Waals surface area contributed by atoms with Gasteiger partial charge in [-0.1, -0.05) is 60.0 Å². The molecule has 5 nitrogen and oxygen atoms in total. The molecule has 0 radical (unpaired) electrons. The van der Waals surface area contributed by atoms with Crippen LogP contribution >= 0.6 is 22.9 Å². The van der Waals surface area contributed by atoms with Gasteiger partial charge in [0.25, 0.3) is 5.91 Å². The zero-order valence-electron chi connectivity index (χ0n) is 20.1. The molecule has 35 heavy (non-hydrogen) atoms. The first-order chi connectivity index (χ1) is 16.9. The fraction of sp³-hybridized carbons (Fsp3) is 0.393. The van der Waals surface area contributed by atoms with Gasteiger partial charge in [0, 0.05) is 12.0 Å². The van der Waals surface area contributed by atoms with Crippen LogP contribution in [0.3, 0.4) is 0 Å². The molecule has 2 N–H and O–H groups in total. The van der Waals surface area contributed by atoms with Gasteiger partial charge in [-0.05, 0) is 63.3 Å². The van der Waals surface area contributed by atoms with Gasteiger partial charge in [-0.2, -0.15) is 0 Å². The third-order valence-corrected chi connectivity index (χ3v) is 8.61. The van der Waals surface area contributed by atoms with Crippen molar-refractivity contribution >= 4 is 34.6 Å². The molecule has 2 heterocycles. The van der Waals surface area contributed by atoms with E-state index < -0.39 is 6.04 Å². The lowest BCUT2D eigenvalue weighted by Gasteiger charge is -2.31. The van der Waals surface area contributed by atoms with Crippen LogP contribution in [-0.2, 0) is 0 Å². The van der Waals surface area contributed by atoms with Gasteiger partial charge in [-0.3, -0.25) is 9.59 Å². The summed E-state index contributed by atoms with van der Waals surface area (Å²) in [7, 11) is 0. The number of carbonyl (C=O) groups is 2. The van der Waals surface area contributed by atoms with E-state index in [4.69, 9.17) is 16.6 Å². The molecule has 1 amide bonds. The van der Waals surface area contributed by atoms with Gasteiger partial charge in [0.05, 0.1) is 20.5 Å². The zero-order chi connectivity index (χ0) is 24.5. The highest BCUT2D eigenvalue weighted by molar-refractivity contribution is 7.15. The van der Waals surface area contributed by atoms with Gasteiger partial charge >= 0.3 is 0 Å². The average Bonchev–Trinajstić information content (AvgIpc) is 3.62. The van der Waals surface area contributed by atoms with Crippen molar-refractivity contribution in [3.05, 3.63) is 74.9 Å². The maximum absolute atomic E-state index is 14.2. The fourth-order valence-corrected chi connectivity index (χ4v) is 6.14. The Labute approximate surface area is 215 Å². The van der Waals surface area contributed by atoms with Gasteiger partial charge in [-0.25, -0.2) is 4.98 Å². The topological polar surface area (TPSA) is 71.1 Å². The standard InChI is InChI=1S/C28H30ClN3O2S/c1-16-7-5-9-19(15-16)26-24(32-28(35-26)18-12-13-18)25(33)23(21-11-3-4-14-30-21)31-27(34)20-10-6-8-17(2)22(20)29/h5-10,15,18,21,23,30H,3-4,11-14H2,1-2H3,(H,31,34). The largest absolute Gasteiger partial charge is 0.340 e. The highest BCUT2D eigenvalue weighted by Gasteiger charge is 2.37. The molecule has 7 heteroatoms. The number of halogens is 1. The van der Waals surface area contributed by atoms with Gasteiger partial charge in [-0.15, -0.1) is 11.3 Å². The molecule has 0 spiro atoms. The number of carbonyl (C=O) groups excluding carboxylic acids is 2. The van der Waals surface area contributed by atoms with Crippen LogP contribution in [0.2, 0.25) is 5.02 Å². The number of aryl methyl sites for hydroxylation is 2. The van der Waals surface area contributed by atoms with Gasteiger partial charge < -0.3 is 10.6 Å². The molecule has 0 bridgehead atoms. The van der Waals surface area contributed by atoms with E-state index in [-0.39, 0.29) is 17.7 Å². The minimum atomic E-state index is -0.725. The summed E-state index contributed by atoms with van der Waals surface area (Å²) in [5.41, 5.74) is 3.82. The number of thiazole rings is 1. The van der Waals surface area contributed by atoms with Gasteiger partial charge in [0.2, 0.25) is 5.78 Å². The van der Waals surface area contributed by atoms with E-state index in [0.717, 1.165) is 65.2 Å². The molecule has 1 saturated carbocycles. The molecule has 1 aliphatic carbocycles. The van der Waals surface area contributed by atoms with Crippen molar-refractivity contribution in [1.29, 1.82) is 0 Å². The molecule has 1 aromatic heterocycles. The average molecular weight is 508 g/mol. The van der Waals surface area contributed by atoms with Gasteiger partial charge in [0.1, 0.15) is 11.7 Å². The maximum atomic E-state index is 14.2. The van der Waals surface area contributed by atoms with Crippen LogP contribution in [0.1, 0.15) is 75.0 Å². The lowest BCUT2D eigenvalue weighted by atomic mass is 9.92. The summed E-state index contributed by atoms with van der Waals surface area (Å²) in [5, 5.41) is 7.95. The zero-order valence-corrected chi connectivity index (χ0v) is 21.6. The number of nitrogens with one attached hydrogen (secondary N) is 2. The number of aromatic nitrogens is 1. The molecular weight excluding hydrogens is 478 g/mol. The predicted octanol–water partition coefficient (Wildman–Crippen LogP) is 6.08. The van der Waals surface area contributed by atoms with E-state index in [0.29, 0.717) is 22.2 Å². The summed E-state index contributed by atoms with van der Waals surface area (Å²) in [6.07, 6.45) is 5.12. The van der Waals surface area contributed by atoms with Crippen LogP contribution in [0.5, 0.6) is 0 Å². The predicted molar refractivity (Wildman–Crippen MR) is 142 cm³/mol. The monoisotopic (exact) mass is 507 g/mol. The third kappa shape index (κ3) is 5.20. The summed E-state index contributed by atoms with van der Waals surface area (Å²) in [6.45, 7) is 4.74. The second-order valence-corrected chi connectivity index (χ2v) is 11.1. The van der Waals surface area contributed by atoms with Crippen LogP contribution in [0.25, 0.3) is 10.4 Å². The van der Waals surface area contributed by atoms with Crippen LogP contribution < -0.4 is 10.6 Å². The molecule has 1 saturated heterocycles.